The van der Waals surface area contributed by atoms with Crippen molar-refractivity contribution in [1.29, 1.82) is 0 Å². The zero-order chi connectivity index (χ0) is 9.35. The van der Waals surface area contributed by atoms with Gasteiger partial charge in [0.2, 0.25) is 0 Å². The average Bonchev–Trinajstić information content (AvgIpc) is 1.97. The predicted octanol–water partition coefficient (Wildman–Crippen LogP) is 2.79. The summed E-state index contributed by atoms with van der Waals surface area (Å²) in [5, 5.41) is 9.01. The zero-order valence-corrected chi connectivity index (χ0v) is 10.1. The summed E-state index contributed by atoms with van der Waals surface area (Å²) >= 11 is 6.73. The maximum Gasteiger partial charge on any atom is 0.321 e. The van der Waals surface area contributed by atoms with Gasteiger partial charge in [0, 0.05) is 4.83 Å². The molecule has 2 nitrogen and oxygen atoms in total. The van der Waals surface area contributed by atoms with Gasteiger partial charge >= 0.3 is 5.97 Å². The average molecular weight is 300 g/mol. The molecule has 0 spiro atoms. The van der Waals surface area contributed by atoms with E-state index in [1.54, 1.807) is 0 Å². The molecule has 0 bridgehead atoms. The number of hydrogen-bond donors (Lipinski definition) is 1. The molecule has 1 saturated carbocycles. The second-order valence-electron chi connectivity index (χ2n) is 3.52. The van der Waals surface area contributed by atoms with Crippen LogP contribution in [-0.4, -0.2) is 20.2 Å². The standard InChI is InChI=1S/C8H12Br2O2/c1-5-2-3-6(9)8(10,4-5)7(11)12/h5-6H,2-4H2,1H3,(H,11,12). The minimum atomic E-state index is -0.754. The van der Waals surface area contributed by atoms with Crippen molar-refractivity contribution in [1.82, 2.24) is 0 Å². The Morgan fingerprint density at radius 1 is 1.58 bits per heavy atom. The number of alkyl halides is 2. The van der Waals surface area contributed by atoms with Crippen molar-refractivity contribution in [2.24, 2.45) is 5.92 Å². The predicted molar refractivity (Wildman–Crippen MR) is 55.0 cm³/mol. The fourth-order valence-electron chi connectivity index (χ4n) is 1.62. The third-order valence-corrected chi connectivity index (χ3v) is 5.48. The van der Waals surface area contributed by atoms with Crippen LogP contribution >= 0.6 is 31.9 Å². The Morgan fingerprint density at radius 2 is 2.17 bits per heavy atom. The maximum atomic E-state index is 11.0. The lowest BCUT2D eigenvalue weighted by Crippen LogP contribution is -2.45. The SMILES string of the molecule is CC1CCC(Br)C(Br)(C(=O)O)C1. The molecule has 0 heterocycles. The molecule has 1 rings (SSSR count). The van der Waals surface area contributed by atoms with Crippen molar-refractivity contribution >= 4 is 37.8 Å². The summed E-state index contributed by atoms with van der Waals surface area (Å²) in [5.74, 6) is -0.259. The van der Waals surface area contributed by atoms with Crippen LogP contribution in [0.1, 0.15) is 26.2 Å². The van der Waals surface area contributed by atoms with Gasteiger partial charge in [-0.05, 0) is 25.2 Å². The summed E-state index contributed by atoms with van der Waals surface area (Å²) in [6.07, 6.45) is 2.74. The van der Waals surface area contributed by atoms with Gasteiger partial charge in [0.25, 0.3) is 0 Å². The van der Waals surface area contributed by atoms with Gasteiger partial charge in [-0.2, -0.15) is 0 Å². The quantitative estimate of drug-likeness (QED) is 0.756. The molecule has 3 atom stereocenters. The molecular weight excluding hydrogens is 288 g/mol. The van der Waals surface area contributed by atoms with Crippen molar-refractivity contribution < 1.29 is 9.90 Å². The van der Waals surface area contributed by atoms with E-state index < -0.39 is 10.3 Å². The van der Waals surface area contributed by atoms with Crippen molar-refractivity contribution in [2.45, 2.75) is 35.3 Å². The Balaban J connectivity index is 2.77. The number of aliphatic carboxylic acids is 1. The number of carboxylic acids is 1. The van der Waals surface area contributed by atoms with Crippen molar-refractivity contribution in [2.75, 3.05) is 0 Å². The molecule has 3 unspecified atom stereocenters. The topological polar surface area (TPSA) is 37.3 Å². The maximum absolute atomic E-state index is 11.0. The molecule has 12 heavy (non-hydrogen) atoms. The smallest absolute Gasteiger partial charge is 0.321 e. The number of hydrogen-bond acceptors (Lipinski definition) is 1. The van der Waals surface area contributed by atoms with Crippen LogP contribution in [0.15, 0.2) is 0 Å². The number of carbonyl (C=O) groups is 1. The van der Waals surface area contributed by atoms with E-state index in [4.69, 9.17) is 5.11 Å². The molecule has 1 N–H and O–H groups in total. The Labute approximate surface area is 89.0 Å². The van der Waals surface area contributed by atoms with Crippen LogP contribution in [0.5, 0.6) is 0 Å². The van der Waals surface area contributed by atoms with Gasteiger partial charge in [0.1, 0.15) is 4.32 Å². The fourth-order valence-corrected chi connectivity index (χ4v) is 3.05. The van der Waals surface area contributed by atoms with Gasteiger partial charge in [0.15, 0.2) is 0 Å². The lowest BCUT2D eigenvalue weighted by molar-refractivity contribution is -0.140. The molecule has 0 aromatic rings. The largest absolute Gasteiger partial charge is 0.480 e. The van der Waals surface area contributed by atoms with Gasteiger partial charge in [-0.25, -0.2) is 0 Å². The molecular formula is C8H12Br2O2. The first-order valence-electron chi connectivity index (χ1n) is 4.03. The fraction of sp³-hybridized carbons (Fsp3) is 0.875. The van der Waals surface area contributed by atoms with E-state index in [0.717, 1.165) is 12.8 Å². The minimum Gasteiger partial charge on any atom is -0.480 e. The Bertz CT molecular complexity index is 195. The van der Waals surface area contributed by atoms with E-state index in [-0.39, 0.29) is 4.83 Å². The first-order valence-corrected chi connectivity index (χ1v) is 5.74. The van der Waals surface area contributed by atoms with Crippen LogP contribution in [-0.2, 0) is 4.79 Å². The highest BCUT2D eigenvalue weighted by atomic mass is 79.9. The van der Waals surface area contributed by atoms with Gasteiger partial charge in [-0.1, -0.05) is 38.8 Å². The van der Waals surface area contributed by atoms with Crippen LogP contribution in [0.3, 0.4) is 0 Å². The molecule has 70 valence electrons. The highest BCUT2D eigenvalue weighted by Crippen LogP contribution is 2.42. The van der Waals surface area contributed by atoms with E-state index >= 15 is 0 Å². The summed E-state index contributed by atoms with van der Waals surface area (Å²) in [6.45, 7) is 2.10. The number of halogens is 2. The highest BCUT2D eigenvalue weighted by Gasteiger charge is 2.45. The Kier molecular flexibility index (Phi) is 3.21. The molecule has 1 aliphatic rings. The van der Waals surface area contributed by atoms with Crippen LogP contribution in [0.25, 0.3) is 0 Å². The molecule has 4 heteroatoms. The van der Waals surface area contributed by atoms with E-state index in [2.05, 4.69) is 38.8 Å². The summed E-state index contributed by atoms with van der Waals surface area (Å²) < 4.78 is -0.745. The molecule has 0 amide bonds. The van der Waals surface area contributed by atoms with Crippen molar-refractivity contribution in [3.05, 3.63) is 0 Å². The van der Waals surface area contributed by atoms with Crippen LogP contribution in [0.4, 0.5) is 0 Å². The summed E-state index contributed by atoms with van der Waals surface area (Å²) in [6, 6.07) is 0. The zero-order valence-electron chi connectivity index (χ0n) is 6.89. The minimum absolute atomic E-state index is 0.0544. The van der Waals surface area contributed by atoms with Crippen LogP contribution < -0.4 is 0 Å². The van der Waals surface area contributed by atoms with E-state index in [9.17, 15) is 4.79 Å². The van der Waals surface area contributed by atoms with Crippen LogP contribution in [0.2, 0.25) is 0 Å². The second kappa shape index (κ2) is 3.66. The molecule has 0 aromatic carbocycles. The van der Waals surface area contributed by atoms with E-state index in [0.29, 0.717) is 12.3 Å². The van der Waals surface area contributed by atoms with Gasteiger partial charge in [-0.15, -0.1) is 0 Å². The van der Waals surface area contributed by atoms with Crippen molar-refractivity contribution in [3.63, 3.8) is 0 Å². The second-order valence-corrected chi connectivity index (χ2v) is 6.04. The first kappa shape index (κ1) is 10.5. The van der Waals surface area contributed by atoms with Crippen LogP contribution in [0, 0.1) is 5.92 Å². The summed E-state index contributed by atoms with van der Waals surface area (Å²) in [5.41, 5.74) is 0. The highest BCUT2D eigenvalue weighted by molar-refractivity contribution is 9.12. The molecule has 0 aromatic heterocycles. The van der Waals surface area contributed by atoms with Gasteiger partial charge in [0.05, 0.1) is 0 Å². The molecule has 0 aliphatic heterocycles. The van der Waals surface area contributed by atoms with E-state index in [1.807, 2.05) is 0 Å². The summed E-state index contributed by atoms with van der Waals surface area (Å²) in [7, 11) is 0. The Hall–Kier alpha value is 0.430. The van der Waals surface area contributed by atoms with Gasteiger partial charge < -0.3 is 5.11 Å². The molecule has 0 saturated heterocycles. The lowest BCUT2D eigenvalue weighted by atomic mass is 9.82. The lowest BCUT2D eigenvalue weighted by Gasteiger charge is -2.35. The molecule has 1 aliphatic carbocycles. The number of rotatable bonds is 1. The summed E-state index contributed by atoms with van der Waals surface area (Å²) in [4.78, 5) is 11.0. The third kappa shape index (κ3) is 1.84. The Morgan fingerprint density at radius 3 is 2.58 bits per heavy atom. The van der Waals surface area contributed by atoms with Crippen molar-refractivity contribution in [3.8, 4) is 0 Å². The third-order valence-electron chi connectivity index (χ3n) is 2.41. The number of carboxylic acid groups (broad SMARTS) is 1. The van der Waals surface area contributed by atoms with E-state index in [1.165, 1.54) is 0 Å². The van der Waals surface area contributed by atoms with Gasteiger partial charge in [-0.3, -0.25) is 4.79 Å². The normalized spacial score (nSPS) is 42.6. The molecule has 0 radical (unpaired) electrons. The molecule has 1 fully saturated rings. The first-order chi connectivity index (χ1) is 5.47. The monoisotopic (exact) mass is 298 g/mol.